The van der Waals surface area contributed by atoms with Gasteiger partial charge in [-0.1, -0.05) is 0 Å². The highest BCUT2D eigenvalue weighted by molar-refractivity contribution is 5.81. The maximum atomic E-state index is 12.6. The smallest absolute Gasteiger partial charge is 0.411 e. The Morgan fingerprint density at radius 1 is 1.39 bits per heavy atom. The Labute approximate surface area is 136 Å². The molecule has 1 N–H and O–H groups in total. The third-order valence-electron chi connectivity index (χ3n) is 3.59. The number of aromatic nitrogens is 2. The van der Waals surface area contributed by atoms with Gasteiger partial charge < -0.3 is 14.4 Å². The molecular formula is C16H25N3O4. The van der Waals surface area contributed by atoms with E-state index >= 15 is 0 Å². The van der Waals surface area contributed by atoms with E-state index in [0.29, 0.717) is 5.69 Å². The van der Waals surface area contributed by atoms with Gasteiger partial charge in [0.25, 0.3) is 0 Å². The number of rotatable bonds is 5. The minimum absolute atomic E-state index is 0.0500. The molecule has 0 spiro atoms. The zero-order valence-electron chi connectivity index (χ0n) is 14.3. The number of carbonyl (C=O) groups is 2. The Balaban J connectivity index is 2.38. The van der Waals surface area contributed by atoms with E-state index in [9.17, 15) is 14.7 Å². The summed E-state index contributed by atoms with van der Waals surface area (Å²) in [6.45, 7) is 9.19. The number of ether oxygens (including phenoxy) is 1. The summed E-state index contributed by atoms with van der Waals surface area (Å²) >= 11 is 0. The first-order valence-corrected chi connectivity index (χ1v) is 7.87. The molecule has 0 aliphatic heterocycles. The molecule has 1 saturated carbocycles. The Morgan fingerprint density at radius 2 is 2.00 bits per heavy atom. The molecule has 0 saturated heterocycles. The highest BCUT2D eigenvalue weighted by Crippen LogP contribution is 2.36. The number of carboxylic acid groups (broad SMARTS) is 1. The molecule has 128 valence electrons. The first-order valence-electron chi connectivity index (χ1n) is 7.87. The fraction of sp³-hybridized carbons (Fsp3) is 0.688. The van der Waals surface area contributed by atoms with Crippen molar-refractivity contribution in [2.45, 2.75) is 71.2 Å². The minimum atomic E-state index is -1.10. The number of hydrogen-bond acceptors (Lipinski definition) is 4. The first-order chi connectivity index (χ1) is 10.6. The van der Waals surface area contributed by atoms with Crippen LogP contribution in [0.15, 0.2) is 12.5 Å². The van der Waals surface area contributed by atoms with Crippen LogP contribution in [-0.2, 0) is 9.53 Å². The molecule has 0 radical (unpaired) electrons. The van der Waals surface area contributed by atoms with E-state index in [1.165, 1.54) is 11.1 Å². The maximum Gasteiger partial charge on any atom is 0.411 e. The second-order valence-corrected chi connectivity index (χ2v) is 7.18. The topological polar surface area (TPSA) is 84.7 Å². The first kappa shape index (κ1) is 17.3. The number of hydrogen-bond donors (Lipinski definition) is 1. The van der Waals surface area contributed by atoms with E-state index in [1.54, 1.807) is 31.7 Å². The van der Waals surface area contributed by atoms with Crippen LogP contribution in [0.25, 0.3) is 0 Å². The van der Waals surface area contributed by atoms with Gasteiger partial charge in [-0.05, 0) is 47.5 Å². The molecule has 1 aromatic heterocycles. The van der Waals surface area contributed by atoms with E-state index < -0.39 is 23.7 Å². The standard InChI is InChI=1S/C16H25N3O4/c1-10(2)18-9-17-8-12(18)13(14(20)21)19(11-6-7-11)15(22)23-16(3,4)5/h8-11,13H,6-7H2,1-5H3,(H,20,21). The van der Waals surface area contributed by atoms with Gasteiger partial charge in [0, 0.05) is 12.1 Å². The van der Waals surface area contributed by atoms with E-state index in [1.807, 2.05) is 13.8 Å². The van der Waals surface area contributed by atoms with Crippen molar-refractivity contribution < 1.29 is 19.4 Å². The third-order valence-corrected chi connectivity index (χ3v) is 3.59. The zero-order chi connectivity index (χ0) is 17.4. The van der Waals surface area contributed by atoms with Crippen LogP contribution >= 0.6 is 0 Å². The number of nitrogens with zero attached hydrogens (tertiary/aromatic N) is 3. The molecule has 7 heteroatoms. The van der Waals surface area contributed by atoms with Crippen molar-refractivity contribution in [2.75, 3.05) is 0 Å². The molecule has 1 heterocycles. The molecule has 1 aliphatic carbocycles. The number of aliphatic carboxylic acids is 1. The van der Waals surface area contributed by atoms with Crippen molar-refractivity contribution in [3.63, 3.8) is 0 Å². The molecule has 1 aliphatic rings. The van der Waals surface area contributed by atoms with E-state index in [0.717, 1.165) is 12.8 Å². The highest BCUT2D eigenvalue weighted by Gasteiger charge is 2.44. The normalized spacial score (nSPS) is 16.3. The summed E-state index contributed by atoms with van der Waals surface area (Å²) < 4.78 is 7.20. The molecule has 1 amide bonds. The Morgan fingerprint density at radius 3 is 2.43 bits per heavy atom. The number of carbonyl (C=O) groups excluding carboxylic acids is 1. The molecule has 1 aromatic rings. The van der Waals surface area contributed by atoms with Crippen LogP contribution in [0, 0.1) is 0 Å². The van der Waals surface area contributed by atoms with E-state index in [2.05, 4.69) is 4.98 Å². The van der Waals surface area contributed by atoms with Crippen LogP contribution in [0.5, 0.6) is 0 Å². The zero-order valence-corrected chi connectivity index (χ0v) is 14.3. The second kappa shape index (κ2) is 6.22. The van der Waals surface area contributed by atoms with Crippen LogP contribution in [0.3, 0.4) is 0 Å². The third kappa shape index (κ3) is 4.03. The predicted molar refractivity (Wildman–Crippen MR) is 84.1 cm³/mol. The number of amides is 1. The number of imidazole rings is 1. The monoisotopic (exact) mass is 323 g/mol. The van der Waals surface area contributed by atoms with Gasteiger partial charge in [0.15, 0.2) is 6.04 Å². The van der Waals surface area contributed by atoms with Gasteiger partial charge in [0.1, 0.15) is 5.60 Å². The van der Waals surface area contributed by atoms with Crippen molar-refractivity contribution in [1.29, 1.82) is 0 Å². The van der Waals surface area contributed by atoms with Gasteiger partial charge in [0.05, 0.1) is 18.2 Å². The number of carboxylic acids is 1. The van der Waals surface area contributed by atoms with Crippen LogP contribution < -0.4 is 0 Å². The lowest BCUT2D eigenvalue weighted by atomic mass is 10.1. The lowest BCUT2D eigenvalue weighted by Crippen LogP contribution is -2.44. The van der Waals surface area contributed by atoms with Crippen molar-refractivity contribution in [2.24, 2.45) is 0 Å². The molecule has 2 rings (SSSR count). The molecule has 1 unspecified atom stereocenters. The van der Waals surface area contributed by atoms with Crippen LogP contribution in [0.4, 0.5) is 4.79 Å². The van der Waals surface area contributed by atoms with E-state index in [-0.39, 0.29) is 12.1 Å². The largest absolute Gasteiger partial charge is 0.479 e. The molecule has 1 atom stereocenters. The molecule has 1 fully saturated rings. The molecule has 23 heavy (non-hydrogen) atoms. The highest BCUT2D eigenvalue weighted by atomic mass is 16.6. The Kier molecular flexibility index (Phi) is 4.68. The summed E-state index contributed by atoms with van der Waals surface area (Å²) in [5.41, 5.74) is -0.184. The summed E-state index contributed by atoms with van der Waals surface area (Å²) in [6.07, 6.45) is 4.09. The lowest BCUT2D eigenvalue weighted by molar-refractivity contribution is -0.144. The fourth-order valence-corrected chi connectivity index (χ4v) is 2.48. The average molecular weight is 323 g/mol. The van der Waals surface area contributed by atoms with Gasteiger partial charge in [-0.25, -0.2) is 14.6 Å². The van der Waals surface area contributed by atoms with Crippen molar-refractivity contribution in [3.05, 3.63) is 18.2 Å². The van der Waals surface area contributed by atoms with Crippen LogP contribution in [-0.4, -0.2) is 43.3 Å². The van der Waals surface area contributed by atoms with Crippen LogP contribution in [0.1, 0.15) is 65.2 Å². The SMILES string of the molecule is CC(C)n1cncc1C(C(=O)O)N(C(=O)OC(C)(C)C)C1CC1. The molecule has 7 nitrogen and oxygen atoms in total. The summed E-state index contributed by atoms with van der Waals surface area (Å²) in [6, 6.07) is -1.14. The fourth-order valence-electron chi connectivity index (χ4n) is 2.48. The van der Waals surface area contributed by atoms with Gasteiger partial charge in [0.2, 0.25) is 0 Å². The molecule has 0 aromatic carbocycles. The maximum absolute atomic E-state index is 12.6. The van der Waals surface area contributed by atoms with Crippen LogP contribution in [0.2, 0.25) is 0 Å². The van der Waals surface area contributed by atoms with Crippen molar-refractivity contribution in [1.82, 2.24) is 14.5 Å². The molecule has 0 bridgehead atoms. The van der Waals surface area contributed by atoms with Gasteiger partial charge in [-0.3, -0.25) is 4.90 Å². The second-order valence-electron chi connectivity index (χ2n) is 7.18. The Bertz CT molecular complexity index is 584. The lowest BCUT2D eigenvalue weighted by Gasteiger charge is -2.32. The van der Waals surface area contributed by atoms with Gasteiger partial charge in [-0.15, -0.1) is 0 Å². The van der Waals surface area contributed by atoms with Gasteiger partial charge >= 0.3 is 12.1 Å². The van der Waals surface area contributed by atoms with Gasteiger partial charge in [-0.2, -0.15) is 0 Å². The average Bonchev–Trinajstić information content (AvgIpc) is 3.09. The minimum Gasteiger partial charge on any atom is -0.479 e. The summed E-state index contributed by atoms with van der Waals surface area (Å²) in [5, 5.41) is 9.76. The predicted octanol–water partition coefficient (Wildman–Crippen LogP) is 2.99. The summed E-state index contributed by atoms with van der Waals surface area (Å²) in [7, 11) is 0. The quantitative estimate of drug-likeness (QED) is 0.900. The van der Waals surface area contributed by atoms with Crippen molar-refractivity contribution in [3.8, 4) is 0 Å². The van der Waals surface area contributed by atoms with Crippen molar-refractivity contribution >= 4 is 12.1 Å². The summed E-state index contributed by atoms with van der Waals surface area (Å²) in [4.78, 5) is 29.9. The Hall–Kier alpha value is -2.05. The summed E-state index contributed by atoms with van der Waals surface area (Å²) in [5.74, 6) is -1.08. The van der Waals surface area contributed by atoms with E-state index in [4.69, 9.17) is 4.74 Å². The molecular weight excluding hydrogens is 298 g/mol.